The fourth-order valence-electron chi connectivity index (χ4n) is 2.02. The number of aryl methyl sites for hydroxylation is 1. The highest BCUT2D eigenvalue weighted by Crippen LogP contribution is 2.15. The van der Waals surface area contributed by atoms with Crippen molar-refractivity contribution in [2.45, 2.75) is 31.4 Å². The maximum Gasteiger partial charge on any atom is 0.261 e. The Morgan fingerprint density at radius 2 is 1.95 bits per heavy atom. The molecule has 0 heterocycles. The highest BCUT2D eigenvalue weighted by Gasteiger charge is 2.14. The van der Waals surface area contributed by atoms with Gasteiger partial charge < -0.3 is 10.1 Å². The van der Waals surface area contributed by atoms with Gasteiger partial charge in [0.25, 0.3) is 5.91 Å². The van der Waals surface area contributed by atoms with Crippen LogP contribution in [0.2, 0.25) is 0 Å². The largest absolute Gasteiger partial charge is 0.481 e. The normalized spacial score (nSPS) is 11.8. The number of thioether (sulfide) groups is 1. The summed E-state index contributed by atoms with van der Waals surface area (Å²) in [6, 6.07) is 15.9. The van der Waals surface area contributed by atoms with Gasteiger partial charge >= 0.3 is 0 Å². The molecule has 0 bridgehead atoms. The average molecular weight is 315 g/mol. The predicted octanol–water partition coefficient (Wildman–Crippen LogP) is 3.80. The van der Waals surface area contributed by atoms with Crippen LogP contribution in [0.4, 0.5) is 0 Å². The van der Waals surface area contributed by atoms with Gasteiger partial charge in [0.2, 0.25) is 0 Å². The van der Waals surface area contributed by atoms with Crippen molar-refractivity contribution in [1.29, 1.82) is 0 Å². The van der Waals surface area contributed by atoms with E-state index in [-0.39, 0.29) is 5.91 Å². The Bertz CT molecular complexity index is 625. The fraction of sp³-hybridized carbons (Fsp3) is 0.278. The third-order valence-electron chi connectivity index (χ3n) is 3.30. The maximum atomic E-state index is 12.1. The standard InChI is InChI=1S/C18H21NO2S/c1-13-5-4-6-16(11-13)21-14(2)18(20)19-12-15-7-9-17(22-3)10-8-15/h4-11,14H,12H2,1-3H3,(H,19,20). The number of carbonyl (C=O) groups is 1. The first-order chi connectivity index (χ1) is 10.6. The highest BCUT2D eigenvalue weighted by atomic mass is 32.2. The summed E-state index contributed by atoms with van der Waals surface area (Å²) in [6.45, 7) is 4.26. The first-order valence-corrected chi connectivity index (χ1v) is 8.45. The van der Waals surface area contributed by atoms with Crippen LogP contribution in [0, 0.1) is 6.92 Å². The highest BCUT2D eigenvalue weighted by molar-refractivity contribution is 7.98. The van der Waals surface area contributed by atoms with Crippen molar-refractivity contribution in [2.24, 2.45) is 0 Å². The van der Waals surface area contributed by atoms with Gasteiger partial charge in [0.15, 0.2) is 6.10 Å². The number of nitrogens with one attached hydrogen (secondary N) is 1. The van der Waals surface area contributed by atoms with Crippen molar-refractivity contribution >= 4 is 17.7 Å². The lowest BCUT2D eigenvalue weighted by Crippen LogP contribution is -2.35. The van der Waals surface area contributed by atoms with E-state index in [0.29, 0.717) is 12.3 Å². The zero-order valence-electron chi connectivity index (χ0n) is 13.1. The minimum absolute atomic E-state index is 0.115. The zero-order valence-corrected chi connectivity index (χ0v) is 13.9. The molecule has 0 saturated heterocycles. The first kappa shape index (κ1) is 16.4. The molecule has 0 aromatic heterocycles. The smallest absolute Gasteiger partial charge is 0.261 e. The van der Waals surface area contributed by atoms with Gasteiger partial charge in [-0.25, -0.2) is 0 Å². The molecule has 2 aromatic rings. The van der Waals surface area contributed by atoms with Crippen molar-refractivity contribution < 1.29 is 9.53 Å². The molecular formula is C18H21NO2S. The second kappa shape index (κ2) is 7.90. The minimum Gasteiger partial charge on any atom is -0.481 e. The second-order valence-corrected chi connectivity index (χ2v) is 6.02. The van der Waals surface area contributed by atoms with Gasteiger partial charge in [0.1, 0.15) is 5.75 Å². The molecule has 0 fully saturated rings. The van der Waals surface area contributed by atoms with Gasteiger partial charge in [0, 0.05) is 11.4 Å². The molecule has 0 saturated carbocycles. The van der Waals surface area contributed by atoms with Crippen LogP contribution >= 0.6 is 11.8 Å². The number of amides is 1. The SMILES string of the molecule is CSc1ccc(CNC(=O)C(C)Oc2cccc(C)c2)cc1. The number of ether oxygens (including phenoxy) is 1. The Hall–Kier alpha value is -1.94. The zero-order chi connectivity index (χ0) is 15.9. The van der Waals surface area contributed by atoms with Crippen LogP contribution in [-0.2, 0) is 11.3 Å². The molecule has 2 aromatic carbocycles. The molecule has 0 aliphatic rings. The molecule has 1 unspecified atom stereocenters. The Kier molecular flexibility index (Phi) is 5.90. The summed E-state index contributed by atoms with van der Waals surface area (Å²) in [7, 11) is 0. The van der Waals surface area contributed by atoms with E-state index in [2.05, 4.69) is 17.4 Å². The molecule has 3 nitrogen and oxygen atoms in total. The van der Waals surface area contributed by atoms with E-state index in [1.54, 1.807) is 18.7 Å². The van der Waals surface area contributed by atoms with Crippen LogP contribution in [0.3, 0.4) is 0 Å². The molecule has 0 spiro atoms. The fourth-order valence-corrected chi connectivity index (χ4v) is 2.43. The Labute approximate surface area is 136 Å². The molecule has 116 valence electrons. The summed E-state index contributed by atoms with van der Waals surface area (Å²) < 4.78 is 5.67. The number of hydrogen-bond donors (Lipinski definition) is 1. The number of carbonyl (C=O) groups excluding carboxylic acids is 1. The lowest BCUT2D eigenvalue weighted by molar-refractivity contribution is -0.127. The predicted molar refractivity (Wildman–Crippen MR) is 91.3 cm³/mol. The van der Waals surface area contributed by atoms with Crippen LogP contribution < -0.4 is 10.1 Å². The summed E-state index contributed by atoms with van der Waals surface area (Å²) in [5.74, 6) is 0.599. The Morgan fingerprint density at radius 3 is 2.59 bits per heavy atom. The Morgan fingerprint density at radius 1 is 1.23 bits per heavy atom. The van der Waals surface area contributed by atoms with Crippen LogP contribution in [0.5, 0.6) is 5.75 Å². The van der Waals surface area contributed by atoms with Gasteiger partial charge in [0.05, 0.1) is 0 Å². The summed E-state index contributed by atoms with van der Waals surface area (Å²) >= 11 is 1.70. The molecule has 0 aliphatic heterocycles. The van der Waals surface area contributed by atoms with Crippen molar-refractivity contribution in [3.05, 3.63) is 59.7 Å². The van der Waals surface area contributed by atoms with E-state index in [4.69, 9.17) is 4.74 Å². The van der Waals surface area contributed by atoms with Crippen molar-refractivity contribution in [3.8, 4) is 5.75 Å². The van der Waals surface area contributed by atoms with Crippen LogP contribution in [0.15, 0.2) is 53.4 Å². The molecule has 1 atom stereocenters. The topological polar surface area (TPSA) is 38.3 Å². The summed E-state index contributed by atoms with van der Waals surface area (Å²) in [6.07, 6.45) is 1.52. The number of hydrogen-bond acceptors (Lipinski definition) is 3. The summed E-state index contributed by atoms with van der Waals surface area (Å²) in [4.78, 5) is 13.3. The van der Waals surface area contributed by atoms with Crippen molar-refractivity contribution in [3.63, 3.8) is 0 Å². The van der Waals surface area contributed by atoms with Gasteiger partial charge in [-0.3, -0.25) is 4.79 Å². The number of benzene rings is 2. The van der Waals surface area contributed by atoms with Gasteiger partial charge in [-0.15, -0.1) is 11.8 Å². The van der Waals surface area contributed by atoms with E-state index in [0.717, 1.165) is 11.1 Å². The molecular weight excluding hydrogens is 294 g/mol. The van der Waals surface area contributed by atoms with Gasteiger partial charge in [-0.2, -0.15) is 0 Å². The van der Waals surface area contributed by atoms with Gasteiger partial charge in [-0.05, 0) is 55.5 Å². The van der Waals surface area contributed by atoms with Crippen molar-refractivity contribution in [2.75, 3.05) is 6.26 Å². The molecule has 4 heteroatoms. The Balaban J connectivity index is 1.85. The van der Waals surface area contributed by atoms with E-state index in [9.17, 15) is 4.79 Å². The average Bonchev–Trinajstić information content (AvgIpc) is 2.53. The van der Waals surface area contributed by atoms with Crippen LogP contribution in [-0.4, -0.2) is 18.3 Å². The molecule has 2 rings (SSSR count). The monoisotopic (exact) mass is 315 g/mol. The van der Waals surface area contributed by atoms with E-state index in [1.807, 2.05) is 49.6 Å². The lowest BCUT2D eigenvalue weighted by atomic mass is 10.2. The number of rotatable bonds is 6. The molecule has 22 heavy (non-hydrogen) atoms. The summed E-state index contributed by atoms with van der Waals surface area (Å²) in [5, 5.41) is 2.90. The minimum atomic E-state index is -0.521. The van der Waals surface area contributed by atoms with Crippen LogP contribution in [0.1, 0.15) is 18.1 Å². The third kappa shape index (κ3) is 4.81. The van der Waals surface area contributed by atoms with Gasteiger partial charge in [-0.1, -0.05) is 24.3 Å². The third-order valence-corrected chi connectivity index (χ3v) is 4.04. The molecule has 0 aliphatic carbocycles. The molecule has 1 N–H and O–H groups in total. The lowest BCUT2D eigenvalue weighted by Gasteiger charge is -2.15. The van der Waals surface area contributed by atoms with Crippen molar-refractivity contribution in [1.82, 2.24) is 5.32 Å². The molecule has 0 radical (unpaired) electrons. The first-order valence-electron chi connectivity index (χ1n) is 7.22. The van der Waals surface area contributed by atoms with E-state index < -0.39 is 6.10 Å². The van der Waals surface area contributed by atoms with E-state index >= 15 is 0 Å². The van der Waals surface area contributed by atoms with E-state index in [1.165, 1.54) is 4.90 Å². The quantitative estimate of drug-likeness (QED) is 0.824. The second-order valence-electron chi connectivity index (χ2n) is 5.14. The maximum absolute atomic E-state index is 12.1. The molecule has 1 amide bonds. The summed E-state index contributed by atoms with van der Waals surface area (Å²) in [5.41, 5.74) is 2.19. The van der Waals surface area contributed by atoms with Crippen LogP contribution in [0.25, 0.3) is 0 Å².